The van der Waals surface area contributed by atoms with Crippen LogP contribution in [-0.4, -0.2) is 26.6 Å². The maximum Gasteiger partial charge on any atom is 0.241 e. The number of sulfonamides is 1. The molecule has 20 heavy (non-hydrogen) atoms. The molecule has 0 radical (unpaired) electrons. The van der Waals surface area contributed by atoms with E-state index >= 15 is 0 Å². The van der Waals surface area contributed by atoms with Crippen molar-refractivity contribution in [1.82, 2.24) is 4.72 Å². The van der Waals surface area contributed by atoms with Gasteiger partial charge < -0.3 is 10.5 Å². The molecule has 0 aliphatic carbocycles. The Morgan fingerprint density at radius 1 is 1.45 bits per heavy atom. The summed E-state index contributed by atoms with van der Waals surface area (Å²) in [7, 11) is -3.55. The molecule has 0 saturated heterocycles. The quantitative estimate of drug-likeness (QED) is 0.879. The number of hydrogen-bond acceptors (Lipinski definition) is 4. The Kier molecular flexibility index (Phi) is 5.08. The topological polar surface area (TPSA) is 81.4 Å². The first-order chi connectivity index (χ1) is 8.73. The fourth-order valence-corrected chi connectivity index (χ4v) is 3.50. The van der Waals surface area contributed by atoms with Crippen LogP contribution in [0.25, 0.3) is 0 Å². The van der Waals surface area contributed by atoms with E-state index in [0.29, 0.717) is 0 Å². The van der Waals surface area contributed by atoms with Crippen molar-refractivity contribution < 1.29 is 13.2 Å². The minimum Gasteiger partial charge on any atom is -0.490 e. The predicted octanol–water partition coefficient (Wildman–Crippen LogP) is 1.45. The Bertz CT molecular complexity index is 587. The first kappa shape index (κ1) is 17.2. The molecule has 1 heterocycles. The molecule has 0 saturated carbocycles. The summed E-state index contributed by atoms with van der Waals surface area (Å²) in [5.41, 5.74) is 5.82. The highest BCUT2D eigenvalue weighted by Crippen LogP contribution is 2.30. The minimum absolute atomic E-state index is 0. The molecule has 0 bridgehead atoms. The molecule has 1 atom stereocenters. The second kappa shape index (κ2) is 5.89. The maximum absolute atomic E-state index is 12.3. The molecule has 1 unspecified atom stereocenters. The van der Waals surface area contributed by atoms with Gasteiger partial charge in [0.1, 0.15) is 11.9 Å². The van der Waals surface area contributed by atoms with Crippen LogP contribution in [0, 0.1) is 0 Å². The van der Waals surface area contributed by atoms with Crippen LogP contribution in [0.15, 0.2) is 23.1 Å². The van der Waals surface area contributed by atoms with Crippen molar-refractivity contribution in [3.05, 3.63) is 23.8 Å². The summed E-state index contributed by atoms with van der Waals surface area (Å²) in [5.74, 6) is 0.768. The van der Waals surface area contributed by atoms with E-state index in [9.17, 15) is 8.42 Å². The van der Waals surface area contributed by atoms with Gasteiger partial charge in [0.2, 0.25) is 10.0 Å². The van der Waals surface area contributed by atoms with Gasteiger partial charge in [-0.15, -0.1) is 12.4 Å². The monoisotopic (exact) mass is 320 g/mol. The number of hydrogen-bond donors (Lipinski definition) is 2. The Hall–Kier alpha value is -0.820. The largest absolute Gasteiger partial charge is 0.490 e. The van der Waals surface area contributed by atoms with Crippen LogP contribution in [0.1, 0.15) is 26.3 Å². The van der Waals surface area contributed by atoms with Crippen molar-refractivity contribution in [3.63, 3.8) is 0 Å². The standard InChI is InChI=1S/C13H20N2O3S.ClH/c1-9-6-10-7-11(4-5-12(10)18-9)19(16,17)15-13(2,3)8-14;/h4-5,7,9,15H,6,8,14H2,1-3H3;1H. The van der Waals surface area contributed by atoms with E-state index in [0.717, 1.165) is 17.7 Å². The number of fused-ring (bicyclic) bond motifs is 1. The smallest absolute Gasteiger partial charge is 0.241 e. The molecule has 0 spiro atoms. The van der Waals surface area contributed by atoms with Crippen molar-refractivity contribution in [2.45, 2.75) is 43.7 Å². The zero-order chi connectivity index (χ0) is 14.3. The Morgan fingerprint density at radius 3 is 2.70 bits per heavy atom. The number of benzene rings is 1. The van der Waals surface area contributed by atoms with Gasteiger partial charge in [0.05, 0.1) is 4.90 Å². The fourth-order valence-electron chi connectivity index (χ4n) is 2.03. The van der Waals surface area contributed by atoms with E-state index in [1.165, 1.54) is 0 Å². The van der Waals surface area contributed by atoms with Crippen LogP contribution in [0.5, 0.6) is 5.75 Å². The van der Waals surface area contributed by atoms with Gasteiger partial charge in [-0.3, -0.25) is 0 Å². The van der Waals surface area contributed by atoms with Gasteiger partial charge in [-0.25, -0.2) is 13.1 Å². The molecule has 114 valence electrons. The number of halogens is 1. The molecule has 0 fully saturated rings. The van der Waals surface area contributed by atoms with Crippen molar-refractivity contribution in [2.24, 2.45) is 5.73 Å². The van der Waals surface area contributed by atoms with E-state index in [4.69, 9.17) is 10.5 Å². The van der Waals surface area contributed by atoms with Gasteiger partial charge in [-0.1, -0.05) is 0 Å². The first-order valence-electron chi connectivity index (χ1n) is 6.27. The van der Waals surface area contributed by atoms with E-state index in [1.807, 2.05) is 6.92 Å². The number of rotatable bonds is 4. The van der Waals surface area contributed by atoms with Gasteiger partial charge >= 0.3 is 0 Å². The zero-order valence-corrected chi connectivity index (χ0v) is 13.5. The molecular weight excluding hydrogens is 300 g/mol. The van der Waals surface area contributed by atoms with Crippen LogP contribution in [0.4, 0.5) is 0 Å². The second-order valence-corrected chi connectivity index (χ2v) is 7.28. The summed E-state index contributed by atoms with van der Waals surface area (Å²) in [6.45, 7) is 5.70. The lowest BCUT2D eigenvalue weighted by molar-refractivity contribution is 0.254. The van der Waals surface area contributed by atoms with Crippen molar-refractivity contribution >= 4 is 22.4 Å². The van der Waals surface area contributed by atoms with Crippen LogP contribution >= 0.6 is 12.4 Å². The van der Waals surface area contributed by atoms with Crippen molar-refractivity contribution in [2.75, 3.05) is 6.54 Å². The van der Waals surface area contributed by atoms with Gasteiger partial charge in [0, 0.05) is 18.5 Å². The normalized spacial score (nSPS) is 18.1. The second-order valence-electron chi connectivity index (χ2n) is 5.60. The lowest BCUT2D eigenvalue weighted by Crippen LogP contribution is -2.48. The summed E-state index contributed by atoms with van der Waals surface area (Å²) in [5, 5.41) is 0. The number of ether oxygens (including phenoxy) is 1. The van der Waals surface area contributed by atoms with Crippen LogP contribution in [0.3, 0.4) is 0 Å². The molecule has 0 amide bonds. The third-order valence-electron chi connectivity index (χ3n) is 3.10. The van der Waals surface area contributed by atoms with Crippen LogP contribution in [0.2, 0.25) is 0 Å². The Labute approximate surface area is 126 Å². The third-order valence-corrected chi connectivity index (χ3v) is 4.79. The summed E-state index contributed by atoms with van der Waals surface area (Å²) < 4.78 is 32.7. The molecule has 2 rings (SSSR count). The van der Waals surface area contributed by atoms with E-state index in [2.05, 4.69) is 4.72 Å². The number of nitrogens with one attached hydrogen (secondary N) is 1. The Morgan fingerprint density at radius 2 is 2.10 bits per heavy atom. The van der Waals surface area contributed by atoms with Gasteiger partial charge in [0.15, 0.2) is 0 Å². The molecular formula is C13H21ClN2O3S. The molecule has 1 aliphatic heterocycles. The lowest BCUT2D eigenvalue weighted by Gasteiger charge is -2.23. The SMILES string of the molecule is CC1Cc2cc(S(=O)(=O)NC(C)(C)CN)ccc2O1.Cl. The average molecular weight is 321 g/mol. The van der Waals surface area contributed by atoms with Gasteiger partial charge in [0.25, 0.3) is 0 Å². The predicted molar refractivity (Wildman–Crippen MR) is 80.9 cm³/mol. The van der Waals surface area contributed by atoms with Gasteiger partial charge in [-0.2, -0.15) is 0 Å². The van der Waals surface area contributed by atoms with Crippen LogP contribution < -0.4 is 15.2 Å². The van der Waals surface area contributed by atoms with Crippen LogP contribution in [-0.2, 0) is 16.4 Å². The summed E-state index contributed by atoms with van der Waals surface area (Å²) in [6.07, 6.45) is 0.834. The minimum atomic E-state index is -3.55. The highest BCUT2D eigenvalue weighted by atomic mass is 35.5. The molecule has 1 aliphatic rings. The molecule has 3 N–H and O–H groups in total. The highest BCUT2D eigenvalue weighted by molar-refractivity contribution is 7.89. The van der Waals surface area contributed by atoms with Crippen molar-refractivity contribution in [1.29, 1.82) is 0 Å². The first-order valence-corrected chi connectivity index (χ1v) is 7.75. The summed E-state index contributed by atoms with van der Waals surface area (Å²) >= 11 is 0. The Balaban J connectivity index is 0.00000200. The number of nitrogens with two attached hydrogens (primary N) is 1. The maximum atomic E-state index is 12.3. The van der Waals surface area contributed by atoms with E-state index in [-0.39, 0.29) is 30.0 Å². The molecule has 1 aromatic rings. The average Bonchev–Trinajstić information content (AvgIpc) is 2.66. The lowest BCUT2D eigenvalue weighted by atomic mass is 10.1. The third kappa shape index (κ3) is 3.63. The molecule has 5 nitrogen and oxygen atoms in total. The van der Waals surface area contributed by atoms with Crippen molar-refractivity contribution in [3.8, 4) is 5.75 Å². The van der Waals surface area contributed by atoms with E-state index < -0.39 is 15.6 Å². The summed E-state index contributed by atoms with van der Waals surface area (Å²) in [6, 6.07) is 4.95. The zero-order valence-electron chi connectivity index (χ0n) is 11.8. The fraction of sp³-hybridized carbons (Fsp3) is 0.538. The highest BCUT2D eigenvalue weighted by Gasteiger charge is 2.27. The summed E-state index contributed by atoms with van der Waals surface area (Å²) in [4.78, 5) is 0.255. The molecule has 1 aromatic carbocycles. The molecule has 0 aromatic heterocycles. The van der Waals surface area contributed by atoms with Gasteiger partial charge in [-0.05, 0) is 44.5 Å². The van der Waals surface area contributed by atoms with E-state index in [1.54, 1.807) is 32.0 Å². The molecule has 7 heteroatoms.